The maximum Gasteiger partial charge on any atom is 0.255 e. The monoisotopic (exact) mass is 342 g/mol. The van der Waals surface area contributed by atoms with Crippen molar-refractivity contribution in [3.8, 4) is 0 Å². The smallest absolute Gasteiger partial charge is 0.255 e. The van der Waals surface area contributed by atoms with Gasteiger partial charge in [0.15, 0.2) is 4.67 Å². The molecular weight excluding hydrogens is 332 g/mol. The fourth-order valence-corrected chi connectivity index (χ4v) is 2.21. The first kappa shape index (κ1) is 14.0. The molecule has 0 spiro atoms. The van der Waals surface area contributed by atoms with Crippen LogP contribution < -0.4 is 5.73 Å². The van der Waals surface area contributed by atoms with E-state index in [9.17, 15) is 4.79 Å². The van der Waals surface area contributed by atoms with Gasteiger partial charge in [-0.05, 0) is 40.2 Å². The number of carbonyl (C=O) groups is 1. The van der Waals surface area contributed by atoms with Crippen molar-refractivity contribution in [2.24, 2.45) is 0 Å². The largest absolute Gasteiger partial charge is 0.452 e. The zero-order valence-corrected chi connectivity index (χ0v) is 12.5. The van der Waals surface area contributed by atoms with Crippen LogP contribution in [0.25, 0.3) is 0 Å². The molecule has 2 N–H and O–H groups in total. The van der Waals surface area contributed by atoms with Crippen LogP contribution in [0.3, 0.4) is 0 Å². The predicted octanol–water partition coefficient (Wildman–Crippen LogP) is 3.55. The lowest BCUT2D eigenvalue weighted by atomic mass is 10.1. The summed E-state index contributed by atoms with van der Waals surface area (Å²) in [6.45, 7) is 0.357. The number of anilines is 1. The molecule has 4 nitrogen and oxygen atoms in total. The van der Waals surface area contributed by atoms with Crippen LogP contribution in [-0.2, 0) is 6.54 Å². The molecule has 1 aromatic heterocycles. The highest BCUT2D eigenvalue weighted by atomic mass is 79.9. The highest BCUT2D eigenvalue weighted by Gasteiger charge is 2.17. The van der Waals surface area contributed by atoms with Gasteiger partial charge in [0, 0.05) is 7.05 Å². The lowest BCUT2D eigenvalue weighted by Gasteiger charge is -2.17. The van der Waals surface area contributed by atoms with E-state index in [4.69, 9.17) is 21.8 Å². The van der Waals surface area contributed by atoms with E-state index < -0.39 is 0 Å². The minimum atomic E-state index is -0.204. The number of halogens is 2. The van der Waals surface area contributed by atoms with Crippen LogP contribution in [0, 0.1) is 0 Å². The molecule has 2 aromatic rings. The molecule has 0 atom stereocenters. The number of rotatable bonds is 3. The number of hydrogen-bond donors (Lipinski definition) is 1. The molecule has 0 fully saturated rings. The molecule has 2 rings (SSSR count). The van der Waals surface area contributed by atoms with Crippen molar-refractivity contribution in [2.75, 3.05) is 12.8 Å². The first-order valence-electron chi connectivity index (χ1n) is 5.52. The zero-order valence-electron chi connectivity index (χ0n) is 10.2. The third kappa shape index (κ3) is 3.11. The Morgan fingerprint density at radius 1 is 1.42 bits per heavy atom. The molecular formula is C13H12BrClN2O2. The van der Waals surface area contributed by atoms with Crippen LogP contribution in [0.1, 0.15) is 16.1 Å². The Bertz CT molecular complexity index is 612. The van der Waals surface area contributed by atoms with Gasteiger partial charge in [-0.2, -0.15) is 0 Å². The minimum absolute atomic E-state index is 0.204. The molecule has 0 radical (unpaired) electrons. The first-order chi connectivity index (χ1) is 8.99. The minimum Gasteiger partial charge on any atom is -0.452 e. The molecule has 1 heterocycles. The SMILES string of the molecule is CN(Cc1ccc(Br)o1)C(=O)c1cccc(N)c1Cl. The van der Waals surface area contributed by atoms with Crippen LogP contribution in [0.15, 0.2) is 39.4 Å². The molecule has 0 unspecified atom stereocenters. The van der Waals surface area contributed by atoms with E-state index in [2.05, 4.69) is 15.9 Å². The van der Waals surface area contributed by atoms with Gasteiger partial charge in [0.05, 0.1) is 22.8 Å². The number of nitrogen functional groups attached to an aromatic ring is 1. The van der Waals surface area contributed by atoms with Crippen LogP contribution in [0.2, 0.25) is 5.02 Å². The maximum absolute atomic E-state index is 12.3. The number of nitrogens with two attached hydrogens (primary N) is 1. The van der Waals surface area contributed by atoms with Gasteiger partial charge in [-0.1, -0.05) is 17.7 Å². The van der Waals surface area contributed by atoms with Crippen molar-refractivity contribution in [3.05, 3.63) is 51.3 Å². The van der Waals surface area contributed by atoms with Crippen LogP contribution >= 0.6 is 27.5 Å². The molecule has 0 aliphatic heterocycles. The van der Waals surface area contributed by atoms with Gasteiger partial charge in [0.1, 0.15) is 5.76 Å². The molecule has 19 heavy (non-hydrogen) atoms. The lowest BCUT2D eigenvalue weighted by Crippen LogP contribution is -2.26. The second-order valence-electron chi connectivity index (χ2n) is 4.08. The van der Waals surface area contributed by atoms with E-state index in [-0.39, 0.29) is 10.9 Å². The second kappa shape index (κ2) is 5.67. The van der Waals surface area contributed by atoms with Crippen LogP contribution in [0.4, 0.5) is 5.69 Å². The quantitative estimate of drug-likeness (QED) is 0.867. The average molecular weight is 344 g/mol. The average Bonchev–Trinajstić information content (AvgIpc) is 2.77. The summed E-state index contributed by atoms with van der Waals surface area (Å²) >= 11 is 9.25. The zero-order chi connectivity index (χ0) is 14.0. The summed E-state index contributed by atoms with van der Waals surface area (Å²) in [4.78, 5) is 13.8. The number of amides is 1. The summed E-state index contributed by atoms with van der Waals surface area (Å²) in [5.74, 6) is 0.479. The summed E-state index contributed by atoms with van der Waals surface area (Å²) in [7, 11) is 1.68. The molecule has 6 heteroatoms. The van der Waals surface area contributed by atoms with Crippen molar-refractivity contribution in [1.29, 1.82) is 0 Å². The third-order valence-corrected chi connectivity index (χ3v) is 3.48. The Balaban J connectivity index is 2.17. The first-order valence-corrected chi connectivity index (χ1v) is 6.70. The van der Waals surface area contributed by atoms with E-state index in [0.717, 1.165) is 0 Å². The summed E-state index contributed by atoms with van der Waals surface area (Å²) in [5, 5.41) is 0.278. The lowest BCUT2D eigenvalue weighted by molar-refractivity contribution is 0.0775. The molecule has 1 amide bonds. The van der Waals surface area contributed by atoms with Crippen LogP contribution in [0.5, 0.6) is 0 Å². The van der Waals surface area contributed by atoms with E-state index in [0.29, 0.717) is 28.2 Å². The van der Waals surface area contributed by atoms with E-state index in [1.807, 2.05) is 0 Å². The summed E-state index contributed by atoms with van der Waals surface area (Å²) in [5.41, 5.74) is 6.46. The summed E-state index contributed by atoms with van der Waals surface area (Å²) in [6, 6.07) is 8.58. The second-order valence-corrected chi connectivity index (χ2v) is 5.24. The van der Waals surface area contributed by atoms with Crippen molar-refractivity contribution in [1.82, 2.24) is 4.90 Å². The van der Waals surface area contributed by atoms with Crippen molar-refractivity contribution >= 4 is 39.1 Å². The van der Waals surface area contributed by atoms with Gasteiger partial charge < -0.3 is 15.1 Å². The summed E-state index contributed by atoms with van der Waals surface area (Å²) in [6.07, 6.45) is 0. The highest BCUT2D eigenvalue weighted by Crippen LogP contribution is 2.24. The molecule has 0 aliphatic carbocycles. The maximum atomic E-state index is 12.3. The van der Waals surface area contributed by atoms with Crippen molar-refractivity contribution in [3.63, 3.8) is 0 Å². The fraction of sp³-hybridized carbons (Fsp3) is 0.154. The molecule has 0 saturated carbocycles. The molecule has 0 bridgehead atoms. The normalized spacial score (nSPS) is 10.5. The van der Waals surface area contributed by atoms with Gasteiger partial charge in [0.2, 0.25) is 0 Å². The van der Waals surface area contributed by atoms with Gasteiger partial charge in [-0.3, -0.25) is 4.79 Å². The Morgan fingerprint density at radius 3 is 2.79 bits per heavy atom. The fourth-order valence-electron chi connectivity index (χ4n) is 1.66. The Kier molecular flexibility index (Phi) is 4.17. The molecule has 100 valence electrons. The molecule has 0 aliphatic rings. The predicted molar refractivity (Wildman–Crippen MR) is 78.1 cm³/mol. The van der Waals surface area contributed by atoms with Gasteiger partial charge in [0.25, 0.3) is 5.91 Å². The van der Waals surface area contributed by atoms with Crippen LogP contribution in [-0.4, -0.2) is 17.9 Å². The van der Waals surface area contributed by atoms with Gasteiger partial charge in [-0.25, -0.2) is 0 Å². The molecule has 1 aromatic carbocycles. The number of furan rings is 1. The number of nitrogens with zero attached hydrogens (tertiary/aromatic N) is 1. The number of benzene rings is 1. The van der Waals surface area contributed by atoms with Crippen molar-refractivity contribution in [2.45, 2.75) is 6.54 Å². The third-order valence-electron chi connectivity index (χ3n) is 2.63. The Morgan fingerprint density at radius 2 is 2.16 bits per heavy atom. The van der Waals surface area contributed by atoms with Crippen molar-refractivity contribution < 1.29 is 9.21 Å². The number of carbonyl (C=O) groups excluding carboxylic acids is 1. The summed E-state index contributed by atoms with van der Waals surface area (Å²) < 4.78 is 5.99. The van der Waals surface area contributed by atoms with E-state index >= 15 is 0 Å². The Hall–Kier alpha value is -1.46. The van der Waals surface area contributed by atoms with Gasteiger partial charge in [-0.15, -0.1) is 0 Å². The van der Waals surface area contributed by atoms with E-state index in [1.54, 1.807) is 37.4 Å². The van der Waals surface area contributed by atoms with E-state index in [1.165, 1.54) is 4.90 Å². The van der Waals surface area contributed by atoms with Gasteiger partial charge >= 0.3 is 0 Å². The highest BCUT2D eigenvalue weighted by molar-refractivity contribution is 9.10. The topological polar surface area (TPSA) is 59.5 Å². The standard InChI is InChI=1S/C13H12BrClN2O2/c1-17(7-8-5-6-11(14)19-8)13(18)9-3-2-4-10(16)12(9)15/h2-6H,7,16H2,1H3. The number of hydrogen-bond acceptors (Lipinski definition) is 3. The molecule has 0 saturated heterocycles. The Labute approximate surface area is 124 Å².